The number of aliphatic carboxylic acids is 1. The topological polar surface area (TPSA) is 37.3 Å². The second-order valence-electron chi connectivity index (χ2n) is 4.02. The Morgan fingerprint density at radius 3 is 2.71 bits per heavy atom. The first-order chi connectivity index (χ1) is 6.65. The van der Waals surface area contributed by atoms with Gasteiger partial charge in [-0.3, -0.25) is 4.79 Å². The Hall–Kier alpha value is -1.05. The molecule has 2 unspecified atom stereocenters. The predicted molar refractivity (Wildman–Crippen MR) is 57.0 cm³/mol. The molecule has 1 N–H and O–H groups in total. The Morgan fingerprint density at radius 2 is 2.14 bits per heavy atom. The first kappa shape index (κ1) is 11.0. The van der Waals surface area contributed by atoms with E-state index in [1.807, 2.05) is 6.08 Å². The van der Waals surface area contributed by atoms with Crippen LogP contribution in [-0.2, 0) is 4.79 Å². The van der Waals surface area contributed by atoms with Crippen LogP contribution in [-0.4, -0.2) is 11.1 Å². The van der Waals surface area contributed by atoms with Crippen LogP contribution in [0.2, 0.25) is 0 Å². The molecule has 1 aliphatic rings. The largest absolute Gasteiger partial charge is 0.481 e. The van der Waals surface area contributed by atoms with Gasteiger partial charge in [-0.15, -0.1) is 6.58 Å². The van der Waals surface area contributed by atoms with Gasteiger partial charge in [0.25, 0.3) is 0 Å². The first-order valence-corrected chi connectivity index (χ1v) is 5.16. The molecule has 1 rings (SSSR count). The van der Waals surface area contributed by atoms with Crippen molar-refractivity contribution in [1.29, 1.82) is 0 Å². The van der Waals surface area contributed by atoms with Crippen molar-refractivity contribution in [3.63, 3.8) is 0 Å². The molecular formula is C12H18O2. The van der Waals surface area contributed by atoms with Gasteiger partial charge in [-0.2, -0.15) is 0 Å². The van der Waals surface area contributed by atoms with Crippen LogP contribution in [0.1, 0.15) is 32.1 Å². The minimum Gasteiger partial charge on any atom is -0.481 e. The molecular weight excluding hydrogens is 176 g/mol. The zero-order valence-electron chi connectivity index (χ0n) is 8.54. The van der Waals surface area contributed by atoms with Crippen molar-refractivity contribution in [2.75, 3.05) is 0 Å². The molecule has 0 bridgehead atoms. The Balaban J connectivity index is 2.56. The van der Waals surface area contributed by atoms with E-state index in [0.717, 1.165) is 31.3 Å². The van der Waals surface area contributed by atoms with Crippen molar-refractivity contribution in [2.24, 2.45) is 11.8 Å². The third kappa shape index (κ3) is 2.72. The molecule has 0 aromatic carbocycles. The standard InChI is InChI=1S/C12H18O2/c1-3-5-10-6-4-7-11(9(10)2)8-12(13)14/h3,10-11H,1-2,4-8H2,(H,13,14). The van der Waals surface area contributed by atoms with Gasteiger partial charge in [-0.25, -0.2) is 0 Å². The molecule has 0 amide bonds. The summed E-state index contributed by atoms with van der Waals surface area (Å²) in [6.07, 6.45) is 6.33. The molecule has 0 saturated heterocycles. The molecule has 2 nitrogen and oxygen atoms in total. The van der Waals surface area contributed by atoms with Crippen LogP contribution in [0.25, 0.3) is 0 Å². The molecule has 2 atom stereocenters. The summed E-state index contributed by atoms with van der Waals surface area (Å²) < 4.78 is 0. The minimum absolute atomic E-state index is 0.186. The van der Waals surface area contributed by atoms with Crippen molar-refractivity contribution in [3.8, 4) is 0 Å². The molecule has 0 radical (unpaired) electrons. The monoisotopic (exact) mass is 194 g/mol. The number of carboxylic acid groups (broad SMARTS) is 1. The molecule has 0 spiro atoms. The van der Waals surface area contributed by atoms with Crippen molar-refractivity contribution in [1.82, 2.24) is 0 Å². The average Bonchev–Trinajstić information content (AvgIpc) is 2.11. The van der Waals surface area contributed by atoms with Crippen molar-refractivity contribution >= 4 is 5.97 Å². The predicted octanol–water partition coefficient (Wildman–Crippen LogP) is 3.01. The smallest absolute Gasteiger partial charge is 0.303 e. The number of rotatable bonds is 4. The lowest BCUT2D eigenvalue weighted by Crippen LogP contribution is -2.20. The molecule has 0 aromatic heterocycles. The third-order valence-electron chi connectivity index (χ3n) is 3.03. The van der Waals surface area contributed by atoms with Crippen LogP contribution in [0.3, 0.4) is 0 Å². The van der Waals surface area contributed by atoms with Crippen LogP contribution >= 0.6 is 0 Å². The molecule has 1 saturated carbocycles. The van der Waals surface area contributed by atoms with E-state index in [4.69, 9.17) is 5.11 Å². The lowest BCUT2D eigenvalue weighted by Gasteiger charge is -2.30. The lowest BCUT2D eigenvalue weighted by atomic mass is 9.75. The van der Waals surface area contributed by atoms with Gasteiger partial charge in [-0.1, -0.05) is 24.6 Å². The fourth-order valence-corrected chi connectivity index (χ4v) is 2.23. The second-order valence-corrected chi connectivity index (χ2v) is 4.02. The molecule has 1 fully saturated rings. The van der Waals surface area contributed by atoms with Gasteiger partial charge in [0.1, 0.15) is 0 Å². The molecule has 78 valence electrons. The number of allylic oxidation sites excluding steroid dienone is 2. The number of carboxylic acids is 1. The summed E-state index contributed by atoms with van der Waals surface area (Å²) in [5.74, 6) is -0.0628. The zero-order valence-corrected chi connectivity index (χ0v) is 8.54. The quantitative estimate of drug-likeness (QED) is 0.698. The van der Waals surface area contributed by atoms with E-state index in [-0.39, 0.29) is 12.3 Å². The SMILES string of the molecule is C=CCC1CCCC(CC(=O)O)C1=C. The summed E-state index contributed by atoms with van der Waals surface area (Å²) in [5, 5.41) is 8.74. The van der Waals surface area contributed by atoms with E-state index in [9.17, 15) is 4.79 Å². The fourth-order valence-electron chi connectivity index (χ4n) is 2.23. The highest BCUT2D eigenvalue weighted by atomic mass is 16.4. The summed E-state index contributed by atoms with van der Waals surface area (Å²) in [4.78, 5) is 10.6. The van der Waals surface area contributed by atoms with Crippen molar-refractivity contribution < 1.29 is 9.90 Å². The van der Waals surface area contributed by atoms with Crippen molar-refractivity contribution in [2.45, 2.75) is 32.1 Å². The summed E-state index contributed by atoms with van der Waals surface area (Å²) in [6.45, 7) is 7.76. The summed E-state index contributed by atoms with van der Waals surface area (Å²) in [5.41, 5.74) is 1.12. The molecule has 0 aliphatic heterocycles. The fraction of sp³-hybridized carbons (Fsp3) is 0.583. The van der Waals surface area contributed by atoms with Crippen LogP contribution in [0.15, 0.2) is 24.8 Å². The normalized spacial score (nSPS) is 27.3. The van der Waals surface area contributed by atoms with E-state index < -0.39 is 5.97 Å². The average molecular weight is 194 g/mol. The van der Waals surface area contributed by atoms with Crippen molar-refractivity contribution in [3.05, 3.63) is 24.8 Å². The van der Waals surface area contributed by atoms with Gasteiger partial charge in [0.05, 0.1) is 6.42 Å². The first-order valence-electron chi connectivity index (χ1n) is 5.16. The van der Waals surface area contributed by atoms with Gasteiger partial charge in [-0.05, 0) is 31.1 Å². The Bertz CT molecular complexity index is 243. The molecule has 0 heterocycles. The molecule has 2 heteroatoms. The van der Waals surface area contributed by atoms with E-state index in [1.165, 1.54) is 0 Å². The zero-order chi connectivity index (χ0) is 10.6. The van der Waals surface area contributed by atoms with Crippen LogP contribution in [0, 0.1) is 11.8 Å². The lowest BCUT2D eigenvalue weighted by molar-refractivity contribution is -0.138. The summed E-state index contributed by atoms with van der Waals surface area (Å²) >= 11 is 0. The maximum atomic E-state index is 10.6. The van der Waals surface area contributed by atoms with E-state index >= 15 is 0 Å². The van der Waals surface area contributed by atoms with Gasteiger partial charge >= 0.3 is 5.97 Å². The summed E-state index contributed by atoms with van der Waals surface area (Å²) in [7, 11) is 0. The van der Waals surface area contributed by atoms with E-state index in [0.29, 0.717) is 5.92 Å². The van der Waals surface area contributed by atoms with E-state index in [2.05, 4.69) is 13.2 Å². The molecule has 14 heavy (non-hydrogen) atoms. The van der Waals surface area contributed by atoms with Gasteiger partial charge in [0.2, 0.25) is 0 Å². The highest BCUT2D eigenvalue weighted by Gasteiger charge is 2.26. The molecule has 1 aliphatic carbocycles. The maximum Gasteiger partial charge on any atom is 0.303 e. The van der Waals surface area contributed by atoms with E-state index in [1.54, 1.807) is 0 Å². The Kier molecular flexibility index (Phi) is 3.93. The van der Waals surface area contributed by atoms with Crippen LogP contribution in [0.4, 0.5) is 0 Å². The second kappa shape index (κ2) is 4.99. The van der Waals surface area contributed by atoms with Gasteiger partial charge in [0.15, 0.2) is 0 Å². The van der Waals surface area contributed by atoms with Crippen LogP contribution in [0.5, 0.6) is 0 Å². The highest BCUT2D eigenvalue weighted by molar-refractivity contribution is 5.67. The van der Waals surface area contributed by atoms with Gasteiger partial charge in [0, 0.05) is 0 Å². The summed E-state index contributed by atoms with van der Waals surface area (Å²) in [6, 6.07) is 0. The van der Waals surface area contributed by atoms with Gasteiger partial charge < -0.3 is 5.11 Å². The minimum atomic E-state index is -0.713. The number of hydrogen-bond acceptors (Lipinski definition) is 1. The number of hydrogen-bond donors (Lipinski definition) is 1. The third-order valence-corrected chi connectivity index (χ3v) is 3.03. The van der Waals surface area contributed by atoms with Crippen LogP contribution < -0.4 is 0 Å². The number of carbonyl (C=O) groups is 1. The maximum absolute atomic E-state index is 10.6. The Morgan fingerprint density at radius 1 is 1.50 bits per heavy atom. The Labute approximate surface area is 85.3 Å². The molecule has 0 aromatic rings. The highest BCUT2D eigenvalue weighted by Crippen LogP contribution is 2.36.